The molecule has 0 spiro atoms. The molecule has 1 aliphatic rings. The van der Waals surface area contributed by atoms with Crippen molar-refractivity contribution < 1.29 is 14.7 Å². The van der Waals surface area contributed by atoms with Gasteiger partial charge in [0.25, 0.3) is 0 Å². The van der Waals surface area contributed by atoms with Crippen LogP contribution in [0.1, 0.15) is 19.8 Å². The molecule has 1 aliphatic heterocycles. The number of aliphatic carboxylic acids is 1. The lowest BCUT2D eigenvalue weighted by Gasteiger charge is -2.19. The summed E-state index contributed by atoms with van der Waals surface area (Å²) in [6.45, 7) is 2.82. The van der Waals surface area contributed by atoms with E-state index in [0.29, 0.717) is 6.42 Å². The number of thioether (sulfide) groups is 1. The first-order chi connectivity index (χ1) is 8.06. The molecule has 1 fully saturated rings. The molecule has 0 aromatic carbocycles. The molecule has 0 aromatic heterocycles. The van der Waals surface area contributed by atoms with E-state index < -0.39 is 12.0 Å². The van der Waals surface area contributed by atoms with Crippen molar-refractivity contribution in [3.05, 3.63) is 0 Å². The fraction of sp³-hybridized carbons (Fsp3) is 0.818. The molecular weight excluding hydrogens is 240 g/mol. The average Bonchev–Trinajstić information content (AvgIpc) is 2.70. The van der Waals surface area contributed by atoms with Crippen LogP contribution in [0.15, 0.2) is 0 Å². The van der Waals surface area contributed by atoms with Gasteiger partial charge in [-0.15, -0.1) is 0 Å². The molecule has 0 aromatic rings. The maximum atomic E-state index is 11.9. The van der Waals surface area contributed by atoms with Crippen molar-refractivity contribution in [1.29, 1.82) is 0 Å². The summed E-state index contributed by atoms with van der Waals surface area (Å²) in [5, 5.41) is 14.7. The third-order valence-corrected chi connectivity index (χ3v) is 3.68. The van der Waals surface area contributed by atoms with E-state index in [9.17, 15) is 9.59 Å². The molecule has 1 saturated heterocycles. The molecule has 0 bridgehead atoms. The number of nitrogens with one attached hydrogen (secondary N) is 2. The van der Waals surface area contributed by atoms with E-state index in [0.717, 1.165) is 18.7 Å². The Kier molecular flexibility index (Phi) is 5.77. The monoisotopic (exact) mass is 260 g/mol. The highest BCUT2D eigenvalue weighted by Crippen LogP contribution is 2.14. The molecular formula is C11H20N2O3S. The van der Waals surface area contributed by atoms with Gasteiger partial charge in [0.15, 0.2) is 0 Å². The van der Waals surface area contributed by atoms with Gasteiger partial charge >= 0.3 is 5.97 Å². The molecule has 6 heteroatoms. The lowest BCUT2D eigenvalue weighted by molar-refractivity contribution is -0.142. The smallest absolute Gasteiger partial charge is 0.326 e. The van der Waals surface area contributed by atoms with E-state index in [1.165, 1.54) is 0 Å². The minimum absolute atomic E-state index is 0.191. The fourth-order valence-corrected chi connectivity index (χ4v) is 2.41. The molecule has 1 heterocycles. The van der Waals surface area contributed by atoms with Crippen LogP contribution in [0.4, 0.5) is 0 Å². The molecule has 0 radical (unpaired) electrons. The normalized spacial score (nSPS) is 25.5. The van der Waals surface area contributed by atoms with Crippen LogP contribution in [0.2, 0.25) is 0 Å². The summed E-state index contributed by atoms with van der Waals surface area (Å²) < 4.78 is 0. The van der Waals surface area contributed by atoms with Crippen molar-refractivity contribution in [2.24, 2.45) is 5.92 Å². The lowest BCUT2D eigenvalue weighted by atomic mass is 10.0. The van der Waals surface area contributed by atoms with Gasteiger partial charge in [-0.3, -0.25) is 4.79 Å². The summed E-state index contributed by atoms with van der Waals surface area (Å²) in [7, 11) is 0. The Bertz CT molecular complexity index is 286. The van der Waals surface area contributed by atoms with Gasteiger partial charge in [0.05, 0.1) is 6.04 Å². The fourth-order valence-electron chi connectivity index (χ4n) is 1.94. The maximum Gasteiger partial charge on any atom is 0.326 e. The van der Waals surface area contributed by atoms with Crippen molar-refractivity contribution in [3.8, 4) is 0 Å². The first-order valence-electron chi connectivity index (χ1n) is 5.81. The van der Waals surface area contributed by atoms with Gasteiger partial charge < -0.3 is 15.7 Å². The first-order valence-corrected chi connectivity index (χ1v) is 7.21. The van der Waals surface area contributed by atoms with Crippen molar-refractivity contribution in [2.45, 2.75) is 31.8 Å². The van der Waals surface area contributed by atoms with Crippen LogP contribution in [0.3, 0.4) is 0 Å². The van der Waals surface area contributed by atoms with Crippen molar-refractivity contribution in [2.75, 3.05) is 18.6 Å². The number of amides is 1. The van der Waals surface area contributed by atoms with Crippen molar-refractivity contribution >= 4 is 23.6 Å². The van der Waals surface area contributed by atoms with Gasteiger partial charge in [0, 0.05) is 0 Å². The molecule has 0 saturated carbocycles. The topological polar surface area (TPSA) is 78.4 Å². The second-order valence-electron chi connectivity index (χ2n) is 4.38. The minimum Gasteiger partial charge on any atom is -0.480 e. The van der Waals surface area contributed by atoms with Crippen LogP contribution in [-0.4, -0.2) is 47.6 Å². The van der Waals surface area contributed by atoms with Crippen LogP contribution in [0, 0.1) is 5.92 Å². The molecule has 3 N–H and O–H groups in total. The van der Waals surface area contributed by atoms with Crippen LogP contribution >= 0.6 is 11.8 Å². The van der Waals surface area contributed by atoms with Gasteiger partial charge in [0.1, 0.15) is 6.04 Å². The van der Waals surface area contributed by atoms with Gasteiger partial charge in [-0.1, -0.05) is 6.92 Å². The molecule has 1 rings (SSSR count). The zero-order valence-electron chi connectivity index (χ0n) is 10.2. The van der Waals surface area contributed by atoms with E-state index in [2.05, 4.69) is 10.6 Å². The standard InChI is InChI=1S/C11H20N2O3S/c1-7-3-5-12-9(7)10(14)13-8(11(15)16)4-6-17-2/h7-9,12H,3-6H2,1-2H3,(H,13,14)(H,15,16)/t7?,8-,9?/m0/s1. The van der Waals surface area contributed by atoms with Gasteiger partial charge in [-0.25, -0.2) is 4.79 Å². The van der Waals surface area contributed by atoms with Crippen LogP contribution in [0.5, 0.6) is 0 Å². The summed E-state index contributed by atoms with van der Waals surface area (Å²) >= 11 is 1.58. The second-order valence-corrected chi connectivity index (χ2v) is 5.36. The van der Waals surface area contributed by atoms with Gasteiger partial charge in [-0.2, -0.15) is 11.8 Å². The first kappa shape index (κ1) is 14.3. The molecule has 1 amide bonds. The Morgan fingerprint density at radius 3 is 2.76 bits per heavy atom. The molecule has 3 atom stereocenters. The predicted molar refractivity (Wildman–Crippen MR) is 68.1 cm³/mol. The number of hydrogen-bond donors (Lipinski definition) is 3. The van der Waals surface area contributed by atoms with E-state index in [1.54, 1.807) is 11.8 Å². The Morgan fingerprint density at radius 1 is 1.59 bits per heavy atom. The highest BCUT2D eigenvalue weighted by Gasteiger charge is 2.31. The molecule has 17 heavy (non-hydrogen) atoms. The zero-order valence-corrected chi connectivity index (χ0v) is 11.0. The number of carboxylic acid groups (broad SMARTS) is 1. The SMILES string of the molecule is CSCC[C@H](NC(=O)C1NCCC1C)C(=O)O. The maximum absolute atomic E-state index is 11.9. The van der Waals surface area contributed by atoms with Crippen molar-refractivity contribution in [3.63, 3.8) is 0 Å². The largest absolute Gasteiger partial charge is 0.480 e. The zero-order chi connectivity index (χ0) is 12.8. The average molecular weight is 260 g/mol. The predicted octanol–water partition coefficient (Wildman–Crippen LogP) is 0.307. The van der Waals surface area contributed by atoms with Gasteiger partial charge in [0.2, 0.25) is 5.91 Å². The lowest BCUT2D eigenvalue weighted by Crippen LogP contribution is -2.50. The Morgan fingerprint density at radius 2 is 2.29 bits per heavy atom. The third kappa shape index (κ3) is 4.20. The van der Waals surface area contributed by atoms with E-state index in [4.69, 9.17) is 5.11 Å². The Hall–Kier alpha value is -0.750. The Labute approximate surface area is 106 Å². The third-order valence-electron chi connectivity index (χ3n) is 3.04. The number of rotatable bonds is 6. The van der Waals surface area contributed by atoms with Crippen LogP contribution in [-0.2, 0) is 9.59 Å². The summed E-state index contributed by atoms with van der Waals surface area (Å²) in [5.41, 5.74) is 0. The number of carboxylic acids is 1. The second kappa shape index (κ2) is 6.86. The number of hydrogen-bond acceptors (Lipinski definition) is 4. The minimum atomic E-state index is -0.960. The summed E-state index contributed by atoms with van der Waals surface area (Å²) in [6.07, 6.45) is 3.34. The highest BCUT2D eigenvalue weighted by molar-refractivity contribution is 7.98. The molecule has 98 valence electrons. The highest BCUT2D eigenvalue weighted by atomic mass is 32.2. The quantitative estimate of drug-likeness (QED) is 0.640. The summed E-state index contributed by atoms with van der Waals surface area (Å²) in [5.74, 6) is -0.156. The summed E-state index contributed by atoms with van der Waals surface area (Å²) in [6, 6.07) is -1.02. The molecule has 5 nitrogen and oxygen atoms in total. The van der Waals surface area contributed by atoms with Gasteiger partial charge in [-0.05, 0) is 37.3 Å². The molecule has 0 aliphatic carbocycles. The van der Waals surface area contributed by atoms with E-state index >= 15 is 0 Å². The van der Waals surface area contributed by atoms with E-state index in [1.807, 2.05) is 13.2 Å². The van der Waals surface area contributed by atoms with E-state index in [-0.39, 0.29) is 17.9 Å². The number of carbonyl (C=O) groups excluding carboxylic acids is 1. The van der Waals surface area contributed by atoms with Crippen LogP contribution in [0.25, 0.3) is 0 Å². The Balaban J connectivity index is 2.48. The summed E-state index contributed by atoms with van der Waals surface area (Å²) in [4.78, 5) is 22.9. The van der Waals surface area contributed by atoms with Crippen LogP contribution < -0.4 is 10.6 Å². The molecule has 2 unspecified atom stereocenters. The number of carbonyl (C=O) groups is 2. The van der Waals surface area contributed by atoms with Crippen molar-refractivity contribution in [1.82, 2.24) is 10.6 Å².